The number of hydrogen-bond donors (Lipinski definition) is 1. The Labute approximate surface area is 232 Å². The van der Waals surface area contributed by atoms with Crippen LogP contribution in [-0.4, -0.2) is 74.3 Å². The minimum atomic E-state index is 0.468. The molecule has 0 saturated carbocycles. The van der Waals surface area contributed by atoms with Crippen LogP contribution >= 0.6 is 0 Å². The number of hydrogen-bond acceptors (Lipinski definition) is 7. The number of likely N-dealkylation sites (tertiary alicyclic amines) is 2. The molecule has 2 aromatic heterocycles. The molecule has 7 nitrogen and oxygen atoms in total. The molecule has 3 aromatic rings. The number of ether oxygens (including phenoxy) is 2. The van der Waals surface area contributed by atoms with Crippen molar-refractivity contribution >= 4 is 16.6 Å². The summed E-state index contributed by atoms with van der Waals surface area (Å²) in [5, 5.41) is 5.08. The Morgan fingerprint density at radius 3 is 2.62 bits per heavy atom. The first-order valence-electron chi connectivity index (χ1n) is 15.0. The number of nitrogens with zero attached hydrogens (tertiary/aromatic N) is 3. The molecule has 210 valence electrons. The van der Waals surface area contributed by atoms with Crippen LogP contribution < -0.4 is 14.8 Å². The number of nitrogens with one attached hydrogen (secondary N) is 1. The largest absolute Gasteiger partial charge is 0.493 e. The van der Waals surface area contributed by atoms with Crippen molar-refractivity contribution in [2.45, 2.75) is 64.3 Å². The average molecular weight is 533 g/mol. The number of benzene rings is 1. The molecule has 0 aliphatic carbocycles. The highest BCUT2D eigenvalue weighted by Crippen LogP contribution is 2.43. The first-order chi connectivity index (χ1) is 19.1. The quantitative estimate of drug-likeness (QED) is 0.332. The predicted octanol–water partition coefficient (Wildman–Crippen LogP) is 6.14. The zero-order valence-corrected chi connectivity index (χ0v) is 23.9. The van der Waals surface area contributed by atoms with E-state index in [9.17, 15) is 0 Å². The number of aryl methyl sites for hydroxylation is 1. The summed E-state index contributed by atoms with van der Waals surface area (Å²) in [5.41, 5.74) is 4.30. The number of pyridine rings is 1. The van der Waals surface area contributed by atoms with Gasteiger partial charge in [0.05, 0.1) is 19.2 Å². The van der Waals surface area contributed by atoms with Crippen molar-refractivity contribution in [3.8, 4) is 23.0 Å². The number of aromatic nitrogens is 1. The molecule has 5 heterocycles. The van der Waals surface area contributed by atoms with E-state index >= 15 is 0 Å². The highest BCUT2D eigenvalue weighted by molar-refractivity contribution is 5.98. The summed E-state index contributed by atoms with van der Waals surface area (Å²) in [4.78, 5) is 10.1. The van der Waals surface area contributed by atoms with Gasteiger partial charge in [0.1, 0.15) is 11.5 Å². The van der Waals surface area contributed by atoms with E-state index in [1.165, 1.54) is 69.5 Å². The summed E-state index contributed by atoms with van der Waals surface area (Å²) in [6, 6.07) is 8.73. The molecule has 2 saturated heterocycles. The second kappa shape index (κ2) is 11.8. The molecule has 3 aliphatic rings. The maximum Gasteiger partial charge on any atom is 0.163 e. The molecule has 3 aliphatic heterocycles. The lowest BCUT2D eigenvalue weighted by Crippen LogP contribution is -2.34. The van der Waals surface area contributed by atoms with Crippen LogP contribution in [0.25, 0.3) is 22.4 Å². The Kier molecular flexibility index (Phi) is 7.98. The highest BCUT2D eigenvalue weighted by atomic mass is 16.5. The highest BCUT2D eigenvalue weighted by Gasteiger charge is 2.29. The zero-order chi connectivity index (χ0) is 26.8. The van der Waals surface area contributed by atoms with Crippen molar-refractivity contribution in [1.82, 2.24) is 14.8 Å². The standard InChI is InChI=1S/C32H44N4O3/c1-22-7-10-28(39-22)32-25-9-8-24(19-23-11-16-35(2)17-12-23)33-31(25)26-20-29(37-3)30(21-27(26)34-32)38-18-6-15-36-13-4-5-14-36/h7,10,20-21,23-24,33H,4-6,8-9,11-19H2,1-3H3/t24-/m1/s1. The first-order valence-corrected chi connectivity index (χ1v) is 15.0. The first kappa shape index (κ1) is 26.5. The van der Waals surface area contributed by atoms with E-state index in [1.807, 2.05) is 19.1 Å². The molecule has 1 atom stereocenters. The number of furan rings is 1. The van der Waals surface area contributed by atoms with Crippen LogP contribution in [0.3, 0.4) is 0 Å². The van der Waals surface area contributed by atoms with Crippen LogP contribution in [0, 0.1) is 12.8 Å². The Morgan fingerprint density at radius 1 is 1.05 bits per heavy atom. The summed E-state index contributed by atoms with van der Waals surface area (Å²) < 4.78 is 18.2. The second-order valence-corrected chi connectivity index (χ2v) is 11.9. The van der Waals surface area contributed by atoms with E-state index in [2.05, 4.69) is 34.3 Å². The Balaban J connectivity index is 1.29. The SMILES string of the molecule is COc1cc2c3c(c(-c4ccc(C)o4)nc2cc1OCCCN1CCCC1)CC[C@H](CC1CCN(C)CC1)N3. The third-order valence-corrected chi connectivity index (χ3v) is 8.97. The van der Waals surface area contributed by atoms with Gasteiger partial charge in [-0.1, -0.05) is 0 Å². The molecule has 39 heavy (non-hydrogen) atoms. The molecule has 0 unspecified atom stereocenters. The van der Waals surface area contributed by atoms with E-state index in [1.54, 1.807) is 7.11 Å². The van der Waals surface area contributed by atoms with Gasteiger partial charge in [-0.2, -0.15) is 0 Å². The molecule has 0 spiro atoms. The van der Waals surface area contributed by atoms with Crippen LogP contribution in [-0.2, 0) is 6.42 Å². The number of methoxy groups -OCH3 is 1. The third kappa shape index (κ3) is 5.90. The minimum Gasteiger partial charge on any atom is -0.493 e. The Hall–Kier alpha value is -2.77. The maximum atomic E-state index is 6.28. The van der Waals surface area contributed by atoms with Crippen LogP contribution in [0.4, 0.5) is 5.69 Å². The van der Waals surface area contributed by atoms with Crippen molar-refractivity contribution in [2.24, 2.45) is 5.92 Å². The molecule has 0 amide bonds. The summed E-state index contributed by atoms with van der Waals surface area (Å²) in [7, 11) is 3.97. The van der Waals surface area contributed by atoms with Gasteiger partial charge in [-0.15, -0.1) is 0 Å². The maximum absolute atomic E-state index is 6.28. The fourth-order valence-electron chi connectivity index (χ4n) is 6.71. The van der Waals surface area contributed by atoms with Crippen molar-refractivity contribution < 1.29 is 13.9 Å². The van der Waals surface area contributed by atoms with E-state index in [-0.39, 0.29) is 0 Å². The summed E-state index contributed by atoms with van der Waals surface area (Å²) in [5.74, 6) is 4.06. The zero-order valence-electron chi connectivity index (χ0n) is 23.9. The molecule has 2 fully saturated rings. The van der Waals surface area contributed by atoms with Gasteiger partial charge in [0.15, 0.2) is 17.3 Å². The molecular weight excluding hydrogens is 488 g/mol. The predicted molar refractivity (Wildman–Crippen MR) is 157 cm³/mol. The van der Waals surface area contributed by atoms with Gasteiger partial charge in [0, 0.05) is 35.3 Å². The van der Waals surface area contributed by atoms with Gasteiger partial charge < -0.3 is 29.0 Å². The Morgan fingerprint density at radius 2 is 1.87 bits per heavy atom. The van der Waals surface area contributed by atoms with Crippen molar-refractivity contribution in [3.63, 3.8) is 0 Å². The monoisotopic (exact) mass is 532 g/mol. The van der Waals surface area contributed by atoms with Gasteiger partial charge in [-0.3, -0.25) is 0 Å². The number of anilines is 1. The number of rotatable bonds is 9. The van der Waals surface area contributed by atoms with E-state index in [4.69, 9.17) is 18.9 Å². The summed E-state index contributed by atoms with van der Waals surface area (Å²) in [6.07, 6.45) is 9.57. The Bertz CT molecular complexity index is 1270. The average Bonchev–Trinajstić information content (AvgIpc) is 3.63. The fraction of sp³-hybridized carbons (Fsp3) is 0.594. The molecule has 6 rings (SSSR count). The number of fused-ring (bicyclic) bond motifs is 3. The molecular formula is C32H44N4O3. The molecule has 1 N–H and O–H groups in total. The van der Waals surface area contributed by atoms with Gasteiger partial charge >= 0.3 is 0 Å². The second-order valence-electron chi connectivity index (χ2n) is 11.9. The van der Waals surface area contributed by atoms with E-state index < -0.39 is 0 Å². The van der Waals surface area contributed by atoms with E-state index in [0.29, 0.717) is 12.6 Å². The van der Waals surface area contributed by atoms with Crippen molar-refractivity contribution in [2.75, 3.05) is 58.8 Å². The topological polar surface area (TPSA) is 63.0 Å². The normalized spacial score (nSPS) is 20.7. The van der Waals surface area contributed by atoms with Crippen molar-refractivity contribution in [1.29, 1.82) is 0 Å². The lowest BCUT2D eigenvalue weighted by molar-refractivity contribution is 0.206. The lowest BCUT2D eigenvalue weighted by Gasteiger charge is -2.35. The smallest absolute Gasteiger partial charge is 0.163 e. The van der Waals surface area contributed by atoms with Crippen LogP contribution in [0.5, 0.6) is 11.5 Å². The minimum absolute atomic E-state index is 0.468. The van der Waals surface area contributed by atoms with Gasteiger partial charge in [0.25, 0.3) is 0 Å². The molecule has 0 bridgehead atoms. The van der Waals surface area contributed by atoms with Gasteiger partial charge in [0.2, 0.25) is 0 Å². The summed E-state index contributed by atoms with van der Waals surface area (Å²) in [6.45, 7) is 8.61. The molecule has 1 aromatic carbocycles. The van der Waals surface area contributed by atoms with Crippen LogP contribution in [0.2, 0.25) is 0 Å². The van der Waals surface area contributed by atoms with Crippen molar-refractivity contribution in [3.05, 3.63) is 35.6 Å². The third-order valence-electron chi connectivity index (χ3n) is 8.97. The molecule has 7 heteroatoms. The summed E-state index contributed by atoms with van der Waals surface area (Å²) >= 11 is 0. The van der Waals surface area contributed by atoms with Gasteiger partial charge in [-0.25, -0.2) is 4.98 Å². The molecule has 0 radical (unpaired) electrons. The van der Waals surface area contributed by atoms with Crippen LogP contribution in [0.1, 0.15) is 56.3 Å². The van der Waals surface area contributed by atoms with Gasteiger partial charge in [-0.05, 0) is 116 Å². The number of piperidine rings is 1. The fourth-order valence-corrected chi connectivity index (χ4v) is 6.71. The van der Waals surface area contributed by atoms with E-state index in [0.717, 1.165) is 71.3 Å². The van der Waals surface area contributed by atoms with Crippen LogP contribution in [0.15, 0.2) is 28.7 Å². The lowest BCUT2D eigenvalue weighted by atomic mass is 9.85.